The van der Waals surface area contributed by atoms with Crippen LogP contribution in [0.2, 0.25) is 0 Å². The molecule has 5 heteroatoms. The van der Waals surface area contributed by atoms with Gasteiger partial charge in [-0.15, -0.1) is 0 Å². The molecule has 4 aromatic heterocycles. The number of benzene rings is 1. The predicted octanol–water partition coefficient (Wildman–Crippen LogP) is 7.23. The molecule has 1 aliphatic heterocycles. The lowest BCUT2D eigenvalue weighted by molar-refractivity contribution is 0.552. The SMILES string of the molecule is CC1(C)c2ccc([nH]2)C(C)(C)c2ccc([nH]2)C(C)(c2ccc(N)cc2)c2ccc([nH]2)C(C)(C)c2ccc1[nH]2. The summed E-state index contributed by atoms with van der Waals surface area (Å²) in [6, 6.07) is 26.2. The van der Waals surface area contributed by atoms with Crippen molar-refractivity contribution in [3.8, 4) is 0 Å². The Morgan fingerprint density at radius 2 is 0.658 bits per heavy atom. The number of aromatic amines is 4. The van der Waals surface area contributed by atoms with Crippen LogP contribution in [0, 0.1) is 0 Å². The van der Waals surface area contributed by atoms with Gasteiger partial charge in [-0.3, -0.25) is 0 Å². The van der Waals surface area contributed by atoms with Gasteiger partial charge < -0.3 is 25.7 Å². The molecule has 6 rings (SSSR count). The molecule has 5 nitrogen and oxygen atoms in total. The Hall–Kier alpha value is -3.86. The van der Waals surface area contributed by atoms with Gasteiger partial charge in [-0.1, -0.05) is 12.1 Å². The van der Waals surface area contributed by atoms with Gasteiger partial charge in [-0.2, -0.15) is 0 Å². The molecule has 0 amide bonds. The van der Waals surface area contributed by atoms with Crippen LogP contribution in [0.25, 0.3) is 0 Å². The zero-order chi connectivity index (χ0) is 27.1. The molecular weight excluding hydrogens is 466 g/mol. The summed E-state index contributed by atoms with van der Waals surface area (Å²) in [4.78, 5) is 15.3. The molecule has 0 radical (unpaired) electrons. The van der Waals surface area contributed by atoms with Gasteiger partial charge in [0.2, 0.25) is 0 Å². The Bertz CT molecular complexity index is 1520. The number of nitrogen functional groups attached to an aromatic ring is 1. The average Bonchev–Trinajstić information content (AvgIpc) is 3.70. The van der Waals surface area contributed by atoms with Crippen molar-refractivity contribution in [3.63, 3.8) is 0 Å². The van der Waals surface area contributed by atoms with Crippen LogP contribution in [0.4, 0.5) is 5.69 Å². The zero-order valence-corrected chi connectivity index (χ0v) is 23.5. The molecule has 8 bridgehead atoms. The highest BCUT2D eigenvalue weighted by Gasteiger charge is 2.39. The third-order valence-corrected chi connectivity index (χ3v) is 9.35. The van der Waals surface area contributed by atoms with E-state index < -0.39 is 5.41 Å². The highest BCUT2D eigenvalue weighted by atomic mass is 14.9. The predicted molar refractivity (Wildman–Crippen MR) is 156 cm³/mol. The van der Waals surface area contributed by atoms with E-state index in [4.69, 9.17) is 5.73 Å². The molecule has 0 fully saturated rings. The van der Waals surface area contributed by atoms with Gasteiger partial charge in [0.1, 0.15) is 0 Å². The molecular formula is C33H39N5. The maximum atomic E-state index is 6.09. The first-order chi connectivity index (χ1) is 17.8. The van der Waals surface area contributed by atoms with Crippen molar-refractivity contribution in [3.05, 3.63) is 124 Å². The molecule has 5 heterocycles. The Labute approximate surface area is 225 Å². The fraction of sp³-hybridized carbons (Fsp3) is 0.333. The van der Waals surface area contributed by atoms with Gasteiger partial charge in [0.05, 0.1) is 5.41 Å². The third-order valence-electron chi connectivity index (χ3n) is 9.35. The second-order valence-corrected chi connectivity index (χ2v) is 12.8. The highest BCUT2D eigenvalue weighted by molar-refractivity contribution is 5.51. The Morgan fingerprint density at radius 1 is 0.395 bits per heavy atom. The van der Waals surface area contributed by atoms with Crippen molar-refractivity contribution in [2.45, 2.75) is 70.1 Å². The number of H-pyrrole nitrogens is 4. The van der Waals surface area contributed by atoms with E-state index in [1.807, 2.05) is 12.1 Å². The smallest absolute Gasteiger partial charge is 0.0723 e. The summed E-state index contributed by atoms with van der Waals surface area (Å²) in [7, 11) is 0. The number of nitrogens with one attached hydrogen (secondary N) is 4. The molecule has 5 aromatic rings. The summed E-state index contributed by atoms with van der Waals surface area (Å²) < 4.78 is 0. The van der Waals surface area contributed by atoms with Gasteiger partial charge in [-0.05, 0) is 115 Å². The van der Waals surface area contributed by atoms with E-state index in [1.54, 1.807) is 0 Å². The molecule has 38 heavy (non-hydrogen) atoms. The first-order valence-electron chi connectivity index (χ1n) is 13.5. The highest BCUT2D eigenvalue weighted by Crippen LogP contribution is 2.43. The van der Waals surface area contributed by atoms with E-state index in [0.29, 0.717) is 0 Å². The normalized spacial score (nSPS) is 18.8. The second kappa shape index (κ2) is 7.83. The fourth-order valence-corrected chi connectivity index (χ4v) is 6.06. The lowest BCUT2D eigenvalue weighted by Gasteiger charge is -2.31. The molecule has 1 aliphatic rings. The van der Waals surface area contributed by atoms with E-state index in [9.17, 15) is 0 Å². The second-order valence-electron chi connectivity index (χ2n) is 12.8. The van der Waals surface area contributed by atoms with Gasteiger partial charge >= 0.3 is 0 Å². The number of hydrogen-bond donors (Lipinski definition) is 5. The molecule has 0 atom stereocenters. The molecule has 0 aliphatic carbocycles. The molecule has 0 spiro atoms. The van der Waals surface area contributed by atoms with Crippen LogP contribution in [0.1, 0.15) is 99.6 Å². The van der Waals surface area contributed by atoms with Crippen molar-refractivity contribution in [1.29, 1.82) is 0 Å². The van der Waals surface area contributed by atoms with Crippen LogP contribution < -0.4 is 5.73 Å². The van der Waals surface area contributed by atoms with E-state index in [2.05, 4.69) is 129 Å². The molecule has 1 aromatic carbocycles. The summed E-state index contributed by atoms with van der Waals surface area (Å²) in [5.41, 5.74) is 16.3. The van der Waals surface area contributed by atoms with E-state index >= 15 is 0 Å². The topological polar surface area (TPSA) is 89.2 Å². The maximum Gasteiger partial charge on any atom is 0.0723 e. The van der Waals surface area contributed by atoms with Crippen LogP contribution in [-0.2, 0) is 21.7 Å². The Morgan fingerprint density at radius 3 is 0.974 bits per heavy atom. The fourth-order valence-electron chi connectivity index (χ4n) is 6.06. The minimum atomic E-state index is -0.433. The summed E-state index contributed by atoms with van der Waals surface area (Å²) in [6.07, 6.45) is 0. The monoisotopic (exact) mass is 505 g/mol. The van der Waals surface area contributed by atoms with E-state index in [0.717, 1.165) is 17.1 Å². The van der Waals surface area contributed by atoms with E-state index in [-0.39, 0.29) is 16.2 Å². The van der Waals surface area contributed by atoms with Crippen LogP contribution in [-0.4, -0.2) is 19.9 Å². The number of aromatic nitrogens is 4. The minimum Gasteiger partial charge on any atom is -0.399 e. The molecule has 0 saturated carbocycles. The maximum absolute atomic E-state index is 6.09. The minimum absolute atomic E-state index is 0.199. The van der Waals surface area contributed by atoms with Crippen molar-refractivity contribution >= 4 is 5.69 Å². The first-order valence-corrected chi connectivity index (χ1v) is 13.5. The number of anilines is 1. The summed E-state index contributed by atoms with van der Waals surface area (Å²) in [5, 5.41) is 0. The van der Waals surface area contributed by atoms with Gasteiger partial charge in [0.15, 0.2) is 0 Å². The Balaban J connectivity index is 1.63. The lowest BCUT2D eigenvalue weighted by atomic mass is 9.76. The van der Waals surface area contributed by atoms with Gasteiger partial charge in [0.25, 0.3) is 0 Å². The van der Waals surface area contributed by atoms with Crippen molar-refractivity contribution < 1.29 is 0 Å². The van der Waals surface area contributed by atoms with Crippen molar-refractivity contribution in [2.24, 2.45) is 0 Å². The molecule has 0 unspecified atom stereocenters. The zero-order valence-electron chi connectivity index (χ0n) is 23.5. The van der Waals surface area contributed by atoms with Crippen LogP contribution in [0.15, 0.2) is 72.8 Å². The summed E-state index contributed by atoms with van der Waals surface area (Å²) in [6.45, 7) is 15.9. The largest absolute Gasteiger partial charge is 0.399 e. The number of rotatable bonds is 1. The molecule has 196 valence electrons. The van der Waals surface area contributed by atoms with Gasteiger partial charge in [-0.25, -0.2) is 0 Å². The quantitative estimate of drug-likeness (QED) is 0.153. The van der Waals surface area contributed by atoms with Crippen LogP contribution >= 0.6 is 0 Å². The number of fused-ring (bicyclic) bond motifs is 8. The first kappa shape index (κ1) is 24.5. The van der Waals surface area contributed by atoms with Crippen molar-refractivity contribution in [1.82, 2.24) is 19.9 Å². The summed E-state index contributed by atoms with van der Waals surface area (Å²) in [5.74, 6) is 0. The lowest BCUT2D eigenvalue weighted by Crippen LogP contribution is -2.29. The number of nitrogens with two attached hydrogens (primary N) is 1. The van der Waals surface area contributed by atoms with Gasteiger partial charge in [0, 0.05) is 67.5 Å². The third kappa shape index (κ3) is 3.37. The summed E-state index contributed by atoms with van der Waals surface area (Å²) >= 11 is 0. The number of hydrogen-bond acceptors (Lipinski definition) is 1. The molecule has 0 saturated heterocycles. The van der Waals surface area contributed by atoms with Crippen molar-refractivity contribution in [2.75, 3.05) is 5.73 Å². The Kier molecular flexibility index (Phi) is 5.04. The van der Waals surface area contributed by atoms with E-state index in [1.165, 1.54) is 39.7 Å². The standard InChI is InChI=1S/C33H39N5/c1-30(2)22-12-14-24(35-22)31(3,4)26-16-18-28(37-26)33(7,20-8-10-21(34)11-9-20)29-19-17-27(38-29)32(5,6)25-15-13-23(30)36-25/h8-19,35-38H,34H2,1-7H3. The van der Waals surface area contributed by atoms with Crippen LogP contribution in [0.3, 0.4) is 0 Å². The average molecular weight is 506 g/mol. The molecule has 6 N–H and O–H groups in total. The van der Waals surface area contributed by atoms with Crippen LogP contribution in [0.5, 0.6) is 0 Å².